The van der Waals surface area contributed by atoms with Crippen molar-refractivity contribution in [3.63, 3.8) is 0 Å². The molecule has 0 amide bonds. The number of nitrogens with zero attached hydrogens (tertiary/aromatic N) is 4. The van der Waals surface area contributed by atoms with Gasteiger partial charge in [-0.25, -0.2) is 13.9 Å². The molecule has 1 saturated carbocycles. The topological polar surface area (TPSA) is 118 Å². The number of hydrogen-bond donors (Lipinski definition) is 3. The highest BCUT2D eigenvalue weighted by molar-refractivity contribution is 5.72. The van der Waals surface area contributed by atoms with Crippen LogP contribution in [0.4, 0.5) is 16.0 Å². The highest BCUT2D eigenvalue weighted by atomic mass is 19.1. The van der Waals surface area contributed by atoms with Gasteiger partial charge in [0.15, 0.2) is 11.6 Å². The zero-order valence-corrected chi connectivity index (χ0v) is 18.7. The zero-order valence-electron chi connectivity index (χ0n) is 18.7. The lowest BCUT2D eigenvalue weighted by Crippen LogP contribution is -2.17. The van der Waals surface area contributed by atoms with Crippen LogP contribution in [0.2, 0.25) is 0 Å². The van der Waals surface area contributed by atoms with Crippen molar-refractivity contribution in [2.75, 3.05) is 19.5 Å². The number of methoxy groups -OCH3 is 1. The Morgan fingerprint density at radius 1 is 1.38 bits per heavy atom. The highest BCUT2D eigenvalue weighted by Crippen LogP contribution is 2.37. The molecular formula is C21H30FN7O3. The molecule has 32 heavy (non-hydrogen) atoms. The number of rotatable bonds is 8. The van der Waals surface area contributed by atoms with E-state index in [0.717, 1.165) is 16.9 Å². The van der Waals surface area contributed by atoms with Crippen LogP contribution in [0.5, 0.6) is 0 Å². The van der Waals surface area contributed by atoms with Gasteiger partial charge in [0.2, 0.25) is 0 Å². The number of nitrogens with one attached hydrogen (secondary N) is 3. The Morgan fingerprint density at radius 2 is 2.16 bits per heavy atom. The maximum atomic E-state index is 13.9. The van der Waals surface area contributed by atoms with Gasteiger partial charge in [-0.15, -0.1) is 0 Å². The summed E-state index contributed by atoms with van der Waals surface area (Å²) in [6, 6.07) is 4.34. The summed E-state index contributed by atoms with van der Waals surface area (Å²) in [5, 5.41) is 17.8. The van der Waals surface area contributed by atoms with Crippen LogP contribution < -0.4 is 10.6 Å². The van der Waals surface area contributed by atoms with Crippen molar-refractivity contribution in [2.45, 2.75) is 57.5 Å². The van der Waals surface area contributed by atoms with E-state index in [1.165, 1.54) is 0 Å². The Bertz CT molecular complexity index is 1010. The molecule has 3 heterocycles. The number of carbonyl (C=O) groups excluding carboxylic acids is 1. The average Bonchev–Trinajstić information content (AvgIpc) is 3.48. The van der Waals surface area contributed by atoms with E-state index >= 15 is 0 Å². The second kappa shape index (κ2) is 11.0. The van der Waals surface area contributed by atoms with Crippen molar-refractivity contribution >= 4 is 23.6 Å². The first kappa shape index (κ1) is 23.6. The molecule has 1 aliphatic carbocycles. The maximum absolute atomic E-state index is 13.9. The fraction of sp³-hybridized carbons (Fsp3) is 0.524. The third-order valence-corrected chi connectivity index (χ3v) is 5.25. The lowest BCUT2D eigenvalue weighted by atomic mass is 10.0. The Kier molecular flexibility index (Phi) is 8.12. The first-order valence-corrected chi connectivity index (χ1v) is 10.5. The van der Waals surface area contributed by atoms with Gasteiger partial charge in [0.05, 0.1) is 12.3 Å². The van der Waals surface area contributed by atoms with Crippen LogP contribution in [0.3, 0.4) is 0 Å². The molecule has 0 saturated heterocycles. The number of ether oxygens (including phenoxy) is 2. The van der Waals surface area contributed by atoms with Gasteiger partial charge in [-0.05, 0) is 26.0 Å². The van der Waals surface area contributed by atoms with Gasteiger partial charge in [0.25, 0.3) is 6.47 Å². The van der Waals surface area contributed by atoms with Gasteiger partial charge >= 0.3 is 0 Å². The Balaban J connectivity index is 0.000000523. The molecule has 10 nitrogen and oxygen atoms in total. The fourth-order valence-electron chi connectivity index (χ4n) is 3.43. The summed E-state index contributed by atoms with van der Waals surface area (Å²) in [5.74, 6) is 1.08. The van der Waals surface area contributed by atoms with Gasteiger partial charge in [-0.2, -0.15) is 10.2 Å². The lowest BCUT2D eigenvalue weighted by Gasteiger charge is -2.08. The summed E-state index contributed by atoms with van der Waals surface area (Å²) >= 11 is 0. The van der Waals surface area contributed by atoms with Crippen LogP contribution in [0.15, 0.2) is 24.5 Å². The number of halogens is 1. The Morgan fingerprint density at radius 3 is 2.84 bits per heavy atom. The monoisotopic (exact) mass is 447 g/mol. The minimum atomic E-state index is -1.17. The summed E-state index contributed by atoms with van der Waals surface area (Å²) in [6.45, 7) is 4.93. The van der Waals surface area contributed by atoms with Crippen molar-refractivity contribution in [3.8, 4) is 0 Å². The first-order chi connectivity index (χ1) is 15.4. The number of H-pyrrole nitrogens is 1. The smallest absolute Gasteiger partial charge is 0.293 e. The van der Waals surface area contributed by atoms with E-state index in [2.05, 4.69) is 44.8 Å². The van der Waals surface area contributed by atoms with Gasteiger partial charge in [-0.3, -0.25) is 9.89 Å². The summed E-state index contributed by atoms with van der Waals surface area (Å²) in [5.41, 5.74) is 2.37. The number of carbonyl (C=O) groups is 1. The number of aromatic amines is 1. The van der Waals surface area contributed by atoms with Gasteiger partial charge < -0.3 is 20.1 Å². The number of fused-ring (bicyclic) bond motifs is 1. The van der Waals surface area contributed by atoms with Crippen molar-refractivity contribution in [2.24, 2.45) is 0 Å². The summed E-state index contributed by atoms with van der Waals surface area (Å²) in [4.78, 5) is 14.8. The van der Waals surface area contributed by atoms with Crippen LogP contribution in [-0.4, -0.2) is 63.7 Å². The van der Waals surface area contributed by atoms with E-state index in [4.69, 9.17) is 9.47 Å². The minimum absolute atomic E-state index is 0.0833. The van der Waals surface area contributed by atoms with E-state index in [-0.39, 0.29) is 12.3 Å². The van der Waals surface area contributed by atoms with E-state index in [9.17, 15) is 9.18 Å². The van der Waals surface area contributed by atoms with Gasteiger partial charge in [-0.1, -0.05) is 13.8 Å². The SMILES string of the molecule is CNC(C)C.COCc1cc2c(Nc3cc(C4CC(F)C(OC=O)C4)[nH]n3)nccn2n1. The third-order valence-electron chi connectivity index (χ3n) is 5.25. The fourth-order valence-corrected chi connectivity index (χ4v) is 3.43. The number of hydrogen-bond acceptors (Lipinski definition) is 8. The number of alkyl halides is 1. The lowest BCUT2D eigenvalue weighted by molar-refractivity contribution is -0.135. The molecule has 3 unspecified atom stereocenters. The molecule has 3 atom stereocenters. The Labute approximate surface area is 185 Å². The molecule has 0 aromatic carbocycles. The van der Waals surface area contributed by atoms with Crippen LogP contribution >= 0.6 is 0 Å². The molecule has 1 fully saturated rings. The number of anilines is 2. The predicted octanol–water partition coefficient (Wildman–Crippen LogP) is 2.71. The second-order valence-corrected chi connectivity index (χ2v) is 7.91. The largest absolute Gasteiger partial charge is 0.461 e. The molecule has 0 spiro atoms. The van der Waals surface area contributed by atoms with Crippen molar-refractivity contribution in [1.82, 2.24) is 30.1 Å². The molecule has 3 N–H and O–H groups in total. The van der Waals surface area contributed by atoms with E-state index < -0.39 is 12.3 Å². The quantitative estimate of drug-likeness (QED) is 0.451. The van der Waals surface area contributed by atoms with Crippen molar-refractivity contribution in [3.05, 3.63) is 35.9 Å². The molecule has 11 heteroatoms. The van der Waals surface area contributed by atoms with E-state index in [1.54, 1.807) is 24.0 Å². The highest BCUT2D eigenvalue weighted by Gasteiger charge is 2.37. The standard InChI is InChI=1S/C17H19FN6O3.C4H11N/c1-26-8-11-6-14-17(19-2-3-24(14)23-11)20-16-7-13(21-22-16)10-4-12(18)15(5-10)27-9-25;1-4(2)5-3/h2-3,6-7,9-10,12,15H,4-5,8H2,1H3,(H2,19,20,21,22);4-5H,1-3H3. The van der Waals surface area contributed by atoms with E-state index in [1.807, 2.05) is 19.2 Å². The molecule has 0 bridgehead atoms. The molecule has 4 rings (SSSR count). The maximum Gasteiger partial charge on any atom is 0.293 e. The first-order valence-electron chi connectivity index (χ1n) is 10.5. The van der Waals surface area contributed by atoms with Crippen LogP contribution in [-0.2, 0) is 20.9 Å². The molecule has 0 radical (unpaired) electrons. The molecule has 3 aromatic heterocycles. The Hall–Kier alpha value is -3.05. The van der Waals surface area contributed by atoms with Crippen LogP contribution in [0, 0.1) is 0 Å². The molecular weight excluding hydrogens is 417 g/mol. The predicted molar refractivity (Wildman–Crippen MR) is 118 cm³/mol. The van der Waals surface area contributed by atoms with Crippen LogP contribution in [0.1, 0.15) is 44.0 Å². The molecule has 0 aliphatic heterocycles. The molecule has 174 valence electrons. The molecule has 3 aromatic rings. The van der Waals surface area contributed by atoms with Gasteiger partial charge in [0.1, 0.15) is 17.8 Å². The van der Waals surface area contributed by atoms with Crippen LogP contribution in [0.25, 0.3) is 5.52 Å². The minimum Gasteiger partial charge on any atom is -0.461 e. The summed E-state index contributed by atoms with van der Waals surface area (Å²) in [6.07, 6.45) is 2.24. The number of aromatic nitrogens is 5. The summed E-state index contributed by atoms with van der Waals surface area (Å²) < 4.78 is 25.6. The van der Waals surface area contributed by atoms with Gasteiger partial charge in [0, 0.05) is 43.2 Å². The average molecular weight is 448 g/mol. The third kappa shape index (κ3) is 5.80. The van der Waals surface area contributed by atoms with Crippen molar-refractivity contribution in [1.29, 1.82) is 0 Å². The zero-order chi connectivity index (χ0) is 23.1. The second-order valence-electron chi connectivity index (χ2n) is 7.91. The van der Waals surface area contributed by atoms with Crippen molar-refractivity contribution < 1.29 is 18.7 Å². The molecule has 1 aliphatic rings. The normalized spacial score (nSPS) is 20.2. The summed E-state index contributed by atoms with van der Waals surface area (Å²) in [7, 11) is 3.56. The van der Waals surface area contributed by atoms with E-state index in [0.29, 0.717) is 37.2 Å².